The predicted molar refractivity (Wildman–Crippen MR) is 99.8 cm³/mol. The molecule has 0 radical (unpaired) electrons. The molecule has 10 heteroatoms. The molecule has 0 saturated carbocycles. The van der Waals surface area contributed by atoms with Crippen LogP contribution in [0.1, 0.15) is 5.56 Å². The van der Waals surface area contributed by atoms with E-state index in [4.69, 9.17) is 4.74 Å². The summed E-state index contributed by atoms with van der Waals surface area (Å²) in [6.07, 6.45) is 1.59. The number of carbonyl (C=O) groups excluding carboxylic acids is 1. The largest absolute Gasteiger partial charge is 0.481 e. The van der Waals surface area contributed by atoms with Crippen LogP contribution in [0, 0.1) is 5.82 Å². The van der Waals surface area contributed by atoms with Crippen LogP contribution in [-0.4, -0.2) is 61.9 Å². The van der Waals surface area contributed by atoms with Gasteiger partial charge in [0.2, 0.25) is 15.9 Å². The second kappa shape index (κ2) is 8.53. The van der Waals surface area contributed by atoms with Gasteiger partial charge in [0, 0.05) is 45.0 Å². The summed E-state index contributed by atoms with van der Waals surface area (Å²) in [5.74, 6) is -0.144. The smallest absolute Gasteiger partial charge is 0.317 e. The van der Waals surface area contributed by atoms with Crippen molar-refractivity contribution in [3.63, 3.8) is 0 Å². The summed E-state index contributed by atoms with van der Waals surface area (Å²) in [7, 11) is -2.27. The number of ether oxygens (including phenoxy) is 1. The molecular weight excluding hydrogens is 387 g/mol. The molecule has 1 aromatic carbocycles. The molecule has 0 atom stereocenters. The van der Waals surface area contributed by atoms with Crippen LogP contribution in [0.4, 0.5) is 9.18 Å². The first-order valence-corrected chi connectivity index (χ1v) is 10.1. The predicted octanol–water partition coefficient (Wildman–Crippen LogP) is 1.45. The molecule has 0 unspecified atom stereocenters. The summed E-state index contributed by atoms with van der Waals surface area (Å²) in [4.78, 5) is 17.8. The third kappa shape index (κ3) is 4.57. The van der Waals surface area contributed by atoms with Crippen molar-refractivity contribution in [2.24, 2.45) is 0 Å². The fraction of sp³-hybridized carbons (Fsp3) is 0.333. The molecule has 1 N–H and O–H groups in total. The number of methoxy groups -OCH3 is 1. The summed E-state index contributed by atoms with van der Waals surface area (Å²) < 4.78 is 44.9. The Hall–Kier alpha value is -2.72. The van der Waals surface area contributed by atoms with E-state index in [1.807, 2.05) is 0 Å². The molecule has 0 spiro atoms. The van der Waals surface area contributed by atoms with Crippen LogP contribution in [-0.2, 0) is 16.6 Å². The number of sulfonamides is 1. The van der Waals surface area contributed by atoms with E-state index in [9.17, 15) is 17.6 Å². The zero-order valence-electron chi connectivity index (χ0n) is 15.3. The highest BCUT2D eigenvalue weighted by molar-refractivity contribution is 7.89. The molecule has 1 aliphatic rings. The number of benzene rings is 1. The second-order valence-electron chi connectivity index (χ2n) is 6.21. The van der Waals surface area contributed by atoms with Gasteiger partial charge in [-0.3, -0.25) is 0 Å². The Morgan fingerprint density at radius 1 is 1.21 bits per heavy atom. The summed E-state index contributed by atoms with van der Waals surface area (Å²) in [5.41, 5.74) is 0.840. The molecule has 2 heterocycles. The van der Waals surface area contributed by atoms with Gasteiger partial charge in [-0.1, -0.05) is 6.07 Å². The number of halogens is 1. The molecule has 0 bridgehead atoms. The number of pyridine rings is 1. The fourth-order valence-electron chi connectivity index (χ4n) is 2.87. The first-order chi connectivity index (χ1) is 13.4. The topological polar surface area (TPSA) is 91.8 Å². The number of aromatic nitrogens is 1. The average Bonchev–Trinajstić information content (AvgIpc) is 2.72. The van der Waals surface area contributed by atoms with Crippen LogP contribution in [0.2, 0.25) is 0 Å². The highest BCUT2D eigenvalue weighted by atomic mass is 32.2. The lowest BCUT2D eigenvalue weighted by molar-refractivity contribution is 0.172. The van der Waals surface area contributed by atoms with E-state index in [0.717, 1.165) is 11.6 Å². The van der Waals surface area contributed by atoms with E-state index in [1.54, 1.807) is 23.2 Å². The molecule has 150 valence electrons. The van der Waals surface area contributed by atoms with Crippen molar-refractivity contribution in [1.82, 2.24) is 19.5 Å². The van der Waals surface area contributed by atoms with Crippen molar-refractivity contribution in [3.8, 4) is 5.88 Å². The maximum absolute atomic E-state index is 13.3. The minimum atomic E-state index is -3.78. The van der Waals surface area contributed by atoms with Gasteiger partial charge in [0.05, 0.1) is 12.0 Å². The summed E-state index contributed by atoms with van der Waals surface area (Å²) in [6, 6.07) is 8.13. The van der Waals surface area contributed by atoms with E-state index in [1.165, 1.54) is 29.6 Å². The number of urea groups is 1. The lowest BCUT2D eigenvalue weighted by atomic mass is 10.2. The van der Waals surface area contributed by atoms with E-state index in [0.29, 0.717) is 12.4 Å². The van der Waals surface area contributed by atoms with Gasteiger partial charge in [-0.25, -0.2) is 22.6 Å². The summed E-state index contributed by atoms with van der Waals surface area (Å²) in [6.45, 7) is 1.10. The number of hydrogen-bond acceptors (Lipinski definition) is 5. The number of nitrogens with one attached hydrogen (secondary N) is 1. The van der Waals surface area contributed by atoms with Crippen LogP contribution >= 0.6 is 0 Å². The zero-order valence-corrected chi connectivity index (χ0v) is 16.2. The van der Waals surface area contributed by atoms with Gasteiger partial charge in [-0.15, -0.1) is 0 Å². The number of hydrogen-bond donors (Lipinski definition) is 1. The number of amides is 2. The Bertz CT molecular complexity index is 946. The first kappa shape index (κ1) is 20.0. The third-order valence-corrected chi connectivity index (χ3v) is 6.31. The van der Waals surface area contributed by atoms with Crippen LogP contribution in [0.25, 0.3) is 0 Å². The molecule has 28 heavy (non-hydrogen) atoms. The molecule has 1 aliphatic heterocycles. The van der Waals surface area contributed by atoms with Crippen LogP contribution in [0.5, 0.6) is 5.88 Å². The van der Waals surface area contributed by atoms with Gasteiger partial charge < -0.3 is 15.0 Å². The molecule has 0 aliphatic carbocycles. The third-order valence-electron chi connectivity index (χ3n) is 4.41. The maximum atomic E-state index is 13.3. The lowest BCUT2D eigenvalue weighted by Crippen LogP contribution is -2.52. The molecule has 2 aromatic rings. The first-order valence-electron chi connectivity index (χ1n) is 8.67. The highest BCUT2D eigenvalue weighted by Gasteiger charge is 2.30. The standard InChI is InChI=1S/C18H21FN4O4S/c1-27-17-11-14(5-6-20-17)13-21-18(24)22-7-9-23(10-8-22)28(25,26)16-4-2-3-15(19)12-16/h2-6,11-12H,7-10,13H2,1H3,(H,21,24). The van der Waals surface area contributed by atoms with E-state index >= 15 is 0 Å². The molecule has 1 saturated heterocycles. The minimum absolute atomic E-state index is 0.0861. The van der Waals surface area contributed by atoms with Crippen molar-refractivity contribution < 1.29 is 22.3 Å². The van der Waals surface area contributed by atoms with Crippen molar-refractivity contribution >= 4 is 16.1 Å². The Morgan fingerprint density at radius 2 is 1.96 bits per heavy atom. The Kier molecular flexibility index (Phi) is 6.10. The van der Waals surface area contributed by atoms with Gasteiger partial charge in [-0.05, 0) is 29.8 Å². The number of carbonyl (C=O) groups is 1. The summed E-state index contributed by atoms with van der Waals surface area (Å²) >= 11 is 0. The number of piperazine rings is 1. The number of nitrogens with zero attached hydrogens (tertiary/aromatic N) is 3. The van der Waals surface area contributed by atoms with E-state index < -0.39 is 15.8 Å². The monoisotopic (exact) mass is 408 g/mol. The quantitative estimate of drug-likeness (QED) is 0.809. The van der Waals surface area contributed by atoms with Gasteiger partial charge in [0.1, 0.15) is 5.82 Å². The van der Waals surface area contributed by atoms with E-state index in [2.05, 4.69) is 10.3 Å². The zero-order chi connectivity index (χ0) is 20.1. The second-order valence-corrected chi connectivity index (χ2v) is 8.15. The van der Waals surface area contributed by atoms with Crippen LogP contribution < -0.4 is 10.1 Å². The molecule has 8 nitrogen and oxygen atoms in total. The van der Waals surface area contributed by atoms with Crippen LogP contribution in [0.3, 0.4) is 0 Å². The van der Waals surface area contributed by atoms with Gasteiger partial charge in [0.25, 0.3) is 0 Å². The summed E-state index contributed by atoms with van der Waals surface area (Å²) in [5, 5.41) is 2.80. The van der Waals surface area contributed by atoms with Crippen molar-refractivity contribution in [3.05, 3.63) is 54.0 Å². The van der Waals surface area contributed by atoms with Gasteiger partial charge in [0.15, 0.2) is 0 Å². The Morgan fingerprint density at radius 3 is 2.64 bits per heavy atom. The van der Waals surface area contributed by atoms with Gasteiger partial charge in [-0.2, -0.15) is 4.31 Å². The van der Waals surface area contributed by atoms with Crippen LogP contribution in [0.15, 0.2) is 47.5 Å². The van der Waals surface area contributed by atoms with Crippen molar-refractivity contribution in [1.29, 1.82) is 0 Å². The minimum Gasteiger partial charge on any atom is -0.481 e. The Labute approximate surface area is 163 Å². The fourth-order valence-corrected chi connectivity index (χ4v) is 4.32. The van der Waals surface area contributed by atoms with Gasteiger partial charge >= 0.3 is 6.03 Å². The van der Waals surface area contributed by atoms with Crippen molar-refractivity contribution in [2.75, 3.05) is 33.3 Å². The lowest BCUT2D eigenvalue weighted by Gasteiger charge is -2.34. The number of rotatable bonds is 5. The molecule has 2 amide bonds. The molecular formula is C18H21FN4O4S. The molecule has 1 aromatic heterocycles. The average molecular weight is 408 g/mol. The normalized spacial score (nSPS) is 15.3. The molecule has 1 fully saturated rings. The molecule has 3 rings (SSSR count). The maximum Gasteiger partial charge on any atom is 0.317 e. The Balaban J connectivity index is 1.55. The van der Waals surface area contributed by atoms with E-state index in [-0.39, 0.29) is 37.1 Å². The van der Waals surface area contributed by atoms with Crippen molar-refractivity contribution in [2.45, 2.75) is 11.4 Å². The highest BCUT2D eigenvalue weighted by Crippen LogP contribution is 2.18. The SMILES string of the molecule is COc1cc(CNC(=O)N2CCN(S(=O)(=O)c3cccc(F)c3)CC2)ccn1.